The Balaban J connectivity index is 1.29. The van der Waals surface area contributed by atoms with Gasteiger partial charge < -0.3 is 20.3 Å². The lowest BCUT2D eigenvalue weighted by Crippen LogP contribution is -2.43. The first kappa shape index (κ1) is 15.2. The second-order valence-corrected chi connectivity index (χ2v) is 6.38. The summed E-state index contributed by atoms with van der Waals surface area (Å²) < 4.78 is 5.40. The Kier molecular flexibility index (Phi) is 4.46. The van der Waals surface area contributed by atoms with Gasteiger partial charge in [-0.1, -0.05) is 18.2 Å². The van der Waals surface area contributed by atoms with E-state index in [1.54, 1.807) is 6.33 Å². The van der Waals surface area contributed by atoms with Crippen molar-refractivity contribution < 1.29 is 4.74 Å². The minimum Gasteiger partial charge on any atom is -0.382 e. The Morgan fingerprint density at radius 2 is 1.71 bits per heavy atom. The molecule has 0 atom stereocenters. The summed E-state index contributed by atoms with van der Waals surface area (Å²) in [5, 5.41) is 7.09. The molecule has 0 bridgehead atoms. The summed E-state index contributed by atoms with van der Waals surface area (Å²) in [5.41, 5.74) is 1.19. The van der Waals surface area contributed by atoms with Crippen LogP contribution in [0.15, 0.2) is 42.7 Å². The molecule has 0 spiro atoms. The lowest BCUT2D eigenvalue weighted by Gasteiger charge is -2.37. The number of nitrogens with one attached hydrogen (secondary N) is 2. The van der Waals surface area contributed by atoms with Crippen LogP contribution in [0.25, 0.3) is 0 Å². The molecule has 2 aliphatic rings. The Bertz CT molecular complexity index is 653. The highest BCUT2D eigenvalue weighted by molar-refractivity contribution is 5.50. The van der Waals surface area contributed by atoms with E-state index in [0.717, 1.165) is 50.8 Å². The third-order valence-corrected chi connectivity index (χ3v) is 4.62. The van der Waals surface area contributed by atoms with Crippen molar-refractivity contribution in [3.63, 3.8) is 0 Å². The highest BCUT2D eigenvalue weighted by Crippen LogP contribution is 2.27. The van der Waals surface area contributed by atoms with Gasteiger partial charge in [0.05, 0.1) is 13.2 Å². The maximum Gasteiger partial charge on any atom is 0.134 e. The molecule has 2 aromatic rings. The van der Waals surface area contributed by atoms with E-state index in [-0.39, 0.29) is 0 Å². The zero-order chi connectivity index (χ0) is 16.2. The van der Waals surface area contributed by atoms with Crippen LogP contribution in [-0.4, -0.2) is 48.4 Å². The first-order chi connectivity index (χ1) is 11.9. The third-order valence-electron chi connectivity index (χ3n) is 4.62. The number of morpholine rings is 1. The number of para-hydroxylation sites is 1. The zero-order valence-electron chi connectivity index (χ0n) is 13.7. The van der Waals surface area contributed by atoms with Gasteiger partial charge in [0.15, 0.2) is 0 Å². The summed E-state index contributed by atoms with van der Waals surface area (Å²) in [4.78, 5) is 11.0. The van der Waals surface area contributed by atoms with E-state index in [9.17, 15) is 0 Å². The minimum atomic E-state index is 0.471. The maximum absolute atomic E-state index is 5.40. The van der Waals surface area contributed by atoms with Crippen molar-refractivity contribution in [2.75, 3.05) is 41.8 Å². The summed E-state index contributed by atoms with van der Waals surface area (Å²) in [6.45, 7) is 3.32. The number of benzene rings is 1. The molecule has 6 nitrogen and oxygen atoms in total. The molecule has 0 unspecified atom stereocenters. The molecule has 1 aliphatic carbocycles. The molecule has 1 aliphatic heterocycles. The largest absolute Gasteiger partial charge is 0.382 e. The predicted octanol–water partition coefficient (Wildman–Crippen LogP) is 2.37. The van der Waals surface area contributed by atoms with Gasteiger partial charge in [-0.25, -0.2) is 9.97 Å². The second-order valence-electron chi connectivity index (χ2n) is 6.38. The molecule has 126 valence electrons. The molecule has 1 aromatic heterocycles. The van der Waals surface area contributed by atoms with Crippen molar-refractivity contribution in [2.24, 2.45) is 0 Å². The lowest BCUT2D eigenvalue weighted by atomic mass is 9.86. The van der Waals surface area contributed by atoms with Gasteiger partial charge >= 0.3 is 0 Å². The highest BCUT2D eigenvalue weighted by atomic mass is 16.5. The molecule has 2 heterocycles. The molecule has 2 N–H and O–H groups in total. The van der Waals surface area contributed by atoms with Crippen molar-refractivity contribution >= 4 is 17.3 Å². The first-order valence-electron chi connectivity index (χ1n) is 8.60. The van der Waals surface area contributed by atoms with Gasteiger partial charge in [0.1, 0.15) is 18.0 Å². The van der Waals surface area contributed by atoms with E-state index < -0.39 is 0 Å². The molecule has 1 aromatic carbocycles. The number of hydrogen-bond acceptors (Lipinski definition) is 6. The van der Waals surface area contributed by atoms with Gasteiger partial charge in [-0.3, -0.25) is 0 Å². The Morgan fingerprint density at radius 3 is 2.50 bits per heavy atom. The van der Waals surface area contributed by atoms with Crippen LogP contribution in [-0.2, 0) is 4.74 Å². The summed E-state index contributed by atoms with van der Waals surface area (Å²) in [7, 11) is 0. The van der Waals surface area contributed by atoms with Gasteiger partial charge in [-0.15, -0.1) is 0 Å². The minimum absolute atomic E-state index is 0.471. The molecule has 0 radical (unpaired) electrons. The molecule has 2 fully saturated rings. The molecule has 1 saturated heterocycles. The van der Waals surface area contributed by atoms with Gasteiger partial charge in [-0.2, -0.15) is 0 Å². The van der Waals surface area contributed by atoms with Crippen LogP contribution in [0.1, 0.15) is 12.8 Å². The van der Waals surface area contributed by atoms with E-state index >= 15 is 0 Å². The number of rotatable bonds is 5. The number of nitrogens with zero attached hydrogens (tertiary/aromatic N) is 3. The van der Waals surface area contributed by atoms with Crippen LogP contribution in [0, 0.1) is 0 Å². The highest BCUT2D eigenvalue weighted by Gasteiger charge is 2.29. The molecule has 6 heteroatoms. The smallest absolute Gasteiger partial charge is 0.134 e. The summed E-state index contributed by atoms with van der Waals surface area (Å²) in [6, 6.07) is 13.4. The van der Waals surface area contributed by atoms with Gasteiger partial charge in [0, 0.05) is 36.9 Å². The van der Waals surface area contributed by atoms with Crippen molar-refractivity contribution in [1.82, 2.24) is 9.97 Å². The van der Waals surface area contributed by atoms with Crippen LogP contribution < -0.4 is 15.5 Å². The Labute approximate surface area is 142 Å². The molecular weight excluding hydrogens is 302 g/mol. The quantitative estimate of drug-likeness (QED) is 0.880. The maximum atomic E-state index is 5.40. The standard InChI is InChI=1S/C18H23N5O/c1-2-4-14(5-3-1)21-15-10-16(11-15)22-17-12-18(20-13-19-17)23-6-8-24-9-7-23/h1-5,12-13,15-16,21H,6-11H2,(H,19,20,22). The topological polar surface area (TPSA) is 62.3 Å². The van der Waals surface area contributed by atoms with E-state index in [2.05, 4.69) is 49.8 Å². The van der Waals surface area contributed by atoms with Gasteiger partial charge in [0.25, 0.3) is 0 Å². The van der Waals surface area contributed by atoms with Gasteiger partial charge in [0.2, 0.25) is 0 Å². The molecule has 4 rings (SSSR count). The molecule has 1 saturated carbocycles. The van der Waals surface area contributed by atoms with Crippen LogP contribution in [0.2, 0.25) is 0 Å². The third kappa shape index (κ3) is 3.59. The van der Waals surface area contributed by atoms with Crippen LogP contribution in [0.5, 0.6) is 0 Å². The summed E-state index contributed by atoms with van der Waals surface area (Å²) >= 11 is 0. The van der Waals surface area contributed by atoms with Crippen LogP contribution in [0.3, 0.4) is 0 Å². The van der Waals surface area contributed by atoms with E-state index in [4.69, 9.17) is 4.74 Å². The van der Waals surface area contributed by atoms with Crippen molar-refractivity contribution in [3.05, 3.63) is 42.7 Å². The van der Waals surface area contributed by atoms with Crippen LogP contribution in [0.4, 0.5) is 17.3 Å². The Morgan fingerprint density at radius 1 is 0.958 bits per heavy atom. The van der Waals surface area contributed by atoms with Crippen molar-refractivity contribution in [2.45, 2.75) is 24.9 Å². The number of anilines is 3. The van der Waals surface area contributed by atoms with Crippen molar-refractivity contribution in [3.8, 4) is 0 Å². The Hall–Kier alpha value is -2.34. The zero-order valence-corrected chi connectivity index (χ0v) is 13.7. The lowest BCUT2D eigenvalue weighted by molar-refractivity contribution is 0.122. The predicted molar refractivity (Wildman–Crippen MR) is 95.6 cm³/mol. The number of ether oxygens (including phenoxy) is 1. The fraction of sp³-hybridized carbons (Fsp3) is 0.444. The first-order valence-corrected chi connectivity index (χ1v) is 8.60. The monoisotopic (exact) mass is 325 g/mol. The van der Waals surface area contributed by atoms with E-state index in [1.165, 1.54) is 5.69 Å². The summed E-state index contributed by atoms with van der Waals surface area (Å²) in [6.07, 6.45) is 3.85. The number of aromatic nitrogens is 2. The van der Waals surface area contributed by atoms with Gasteiger partial charge in [-0.05, 0) is 25.0 Å². The molecule has 0 amide bonds. The summed E-state index contributed by atoms with van der Waals surface area (Å²) in [5.74, 6) is 1.89. The average Bonchev–Trinajstić information content (AvgIpc) is 2.62. The van der Waals surface area contributed by atoms with Crippen molar-refractivity contribution in [1.29, 1.82) is 0 Å². The van der Waals surface area contributed by atoms with E-state index in [1.807, 2.05) is 12.1 Å². The average molecular weight is 325 g/mol. The molecule has 24 heavy (non-hydrogen) atoms. The van der Waals surface area contributed by atoms with Crippen LogP contribution >= 0.6 is 0 Å². The second kappa shape index (κ2) is 7.05. The number of hydrogen-bond donors (Lipinski definition) is 2. The molecular formula is C18H23N5O. The fourth-order valence-corrected chi connectivity index (χ4v) is 3.22. The SMILES string of the molecule is c1ccc(NC2CC(Nc3cc(N4CCOCC4)ncn3)C2)cc1. The normalized spacial score (nSPS) is 23.4. The fourth-order valence-electron chi connectivity index (χ4n) is 3.22. The van der Waals surface area contributed by atoms with E-state index in [0.29, 0.717) is 12.1 Å².